The van der Waals surface area contributed by atoms with Gasteiger partial charge < -0.3 is 9.84 Å². The molecule has 4 rings (SSSR count). The predicted molar refractivity (Wildman–Crippen MR) is 134 cm³/mol. The van der Waals surface area contributed by atoms with Crippen molar-refractivity contribution in [3.63, 3.8) is 0 Å². The first-order valence-corrected chi connectivity index (χ1v) is 11.5. The Kier molecular flexibility index (Phi) is 7.04. The van der Waals surface area contributed by atoms with Gasteiger partial charge in [0.15, 0.2) is 0 Å². The molecule has 0 unspecified atom stereocenters. The molecule has 0 spiro atoms. The number of aromatic carboxylic acids is 1. The summed E-state index contributed by atoms with van der Waals surface area (Å²) >= 11 is 0. The number of pyridine rings is 1. The third-order valence-electron chi connectivity index (χ3n) is 5.83. The van der Waals surface area contributed by atoms with E-state index >= 15 is 0 Å². The summed E-state index contributed by atoms with van der Waals surface area (Å²) in [5.74, 6) is -0.0535. The molecule has 168 valence electrons. The molecule has 4 heteroatoms. The average molecular weight is 440 g/mol. The van der Waals surface area contributed by atoms with E-state index in [9.17, 15) is 9.90 Å². The largest absolute Gasteiger partial charge is 0.494 e. The van der Waals surface area contributed by atoms with Crippen LogP contribution in [0.1, 0.15) is 48.5 Å². The van der Waals surface area contributed by atoms with E-state index in [0.717, 1.165) is 41.0 Å². The highest BCUT2D eigenvalue weighted by Crippen LogP contribution is 2.29. The lowest BCUT2D eigenvalue weighted by Crippen LogP contribution is -2.00. The summed E-state index contributed by atoms with van der Waals surface area (Å²) in [4.78, 5) is 16.6. The molecule has 1 N–H and O–H groups in total. The second kappa shape index (κ2) is 10.3. The smallest absolute Gasteiger partial charge is 0.336 e. The van der Waals surface area contributed by atoms with Crippen LogP contribution in [-0.4, -0.2) is 22.7 Å². The van der Waals surface area contributed by atoms with Crippen molar-refractivity contribution in [3.05, 3.63) is 83.9 Å². The summed E-state index contributed by atoms with van der Waals surface area (Å²) < 4.78 is 5.84. The van der Waals surface area contributed by atoms with E-state index in [-0.39, 0.29) is 5.56 Å². The SMILES string of the molecule is CCCCCCOc1ccc(-c2ccc(-c3cc(C(=O)O)c4cc(C)ccc4n3)cc2)cc1. The Labute approximate surface area is 194 Å². The van der Waals surface area contributed by atoms with Crippen LogP contribution in [0.4, 0.5) is 0 Å². The fourth-order valence-electron chi connectivity index (χ4n) is 3.96. The zero-order chi connectivity index (χ0) is 23.2. The molecule has 4 aromatic rings. The zero-order valence-corrected chi connectivity index (χ0v) is 19.2. The van der Waals surface area contributed by atoms with Crippen LogP contribution in [0.25, 0.3) is 33.3 Å². The Hall–Kier alpha value is -3.66. The highest BCUT2D eigenvalue weighted by Gasteiger charge is 2.13. The van der Waals surface area contributed by atoms with E-state index in [2.05, 4.69) is 19.1 Å². The number of carbonyl (C=O) groups is 1. The highest BCUT2D eigenvalue weighted by atomic mass is 16.5. The molecule has 0 atom stereocenters. The molecule has 0 saturated carbocycles. The van der Waals surface area contributed by atoms with Gasteiger partial charge in [-0.25, -0.2) is 9.78 Å². The first-order chi connectivity index (χ1) is 16.0. The molecular formula is C29H29NO3. The number of unbranched alkanes of at least 4 members (excludes halogenated alkanes) is 3. The molecule has 0 saturated heterocycles. The maximum Gasteiger partial charge on any atom is 0.336 e. The van der Waals surface area contributed by atoms with Gasteiger partial charge in [-0.2, -0.15) is 0 Å². The Bertz CT molecular complexity index is 1240. The lowest BCUT2D eigenvalue weighted by atomic mass is 10.00. The molecule has 0 amide bonds. The van der Waals surface area contributed by atoms with E-state index in [4.69, 9.17) is 9.72 Å². The number of hydrogen-bond acceptors (Lipinski definition) is 3. The Morgan fingerprint density at radius 1 is 0.848 bits per heavy atom. The van der Waals surface area contributed by atoms with E-state index < -0.39 is 5.97 Å². The lowest BCUT2D eigenvalue weighted by molar-refractivity contribution is 0.0699. The molecule has 0 bridgehead atoms. The van der Waals surface area contributed by atoms with Crippen LogP contribution in [0, 0.1) is 6.92 Å². The lowest BCUT2D eigenvalue weighted by Gasteiger charge is -2.10. The number of benzene rings is 3. The van der Waals surface area contributed by atoms with Crippen molar-refractivity contribution in [2.45, 2.75) is 39.5 Å². The summed E-state index contributed by atoms with van der Waals surface area (Å²) in [6.07, 6.45) is 4.78. The number of carboxylic acid groups (broad SMARTS) is 1. The number of aryl methyl sites for hydroxylation is 1. The van der Waals surface area contributed by atoms with Gasteiger partial charge in [0, 0.05) is 10.9 Å². The van der Waals surface area contributed by atoms with Gasteiger partial charge in [0.25, 0.3) is 0 Å². The fourth-order valence-corrected chi connectivity index (χ4v) is 3.96. The number of nitrogens with zero attached hydrogens (tertiary/aromatic N) is 1. The molecule has 3 aromatic carbocycles. The van der Waals surface area contributed by atoms with E-state index in [0.29, 0.717) is 16.6 Å². The molecular weight excluding hydrogens is 410 g/mol. The quantitative estimate of drug-likeness (QED) is 0.274. The molecule has 0 aliphatic heterocycles. The average Bonchev–Trinajstić information content (AvgIpc) is 2.83. The summed E-state index contributed by atoms with van der Waals surface area (Å²) in [7, 11) is 0. The summed E-state index contributed by atoms with van der Waals surface area (Å²) in [5, 5.41) is 10.4. The van der Waals surface area contributed by atoms with Crippen LogP contribution < -0.4 is 4.74 Å². The fraction of sp³-hybridized carbons (Fsp3) is 0.241. The third kappa shape index (κ3) is 5.40. The maximum absolute atomic E-state index is 11.9. The van der Waals surface area contributed by atoms with E-state index in [1.54, 1.807) is 6.07 Å². The second-order valence-electron chi connectivity index (χ2n) is 8.39. The number of ether oxygens (including phenoxy) is 1. The van der Waals surface area contributed by atoms with Gasteiger partial charge in [0.1, 0.15) is 5.75 Å². The molecule has 0 fully saturated rings. The van der Waals surface area contributed by atoms with Crippen molar-refractivity contribution in [2.24, 2.45) is 0 Å². The van der Waals surface area contributed by atoms with Gasteiger partial charge in [-0.05, 0) is 54.8 Å². The molecule has 0 radical (unpaired) electrons. The molecule has 0 aliphatic carbocycles. The third-order valence-corrected chi connectivity index (χ3v) is 5.83. The van der Waals surface area contributed by atoms with Gasteiger partial charge in [-0.15, -0.1) is 0 Å². The summed E-state index contributed by atoms with van der Waals surface area (Å²) in [6, 6.07) is 23.6. The minimum atomic E-state index is -0.946. The first kappa shape index (κ1) is 22.5. The predicted octanol–water partition coefficient (Wildman–Crippen LogP) is 7.53. The molecule has 4 nitrogen and oxygen atoms in total. The Balaban J connectivity index is 1.52. The normalized spacial score (nSPS) is 11.0. The van der Waals surface area contributed by atoms with E-state index in [1.165, 1.54) is 19.3 Å². The number of rotatable bonds is 9. The second-order valence-corrected chi connectivity index (χ2v) is 8.39. The van der Waals surface area contributed by atoms with Crippen LogP contribution in [0.5, 0.6) is 5.75 Å². The minimum absolute atomic E-state index is 0.271. The molecule has 1 aromatic heterocycles. The van der Waals surface area contributed by atoms with Crippen LogP contribution in [-0.2, 0) is 0 Å². The van der Waals surface area contributed by atoms with Gasteiger partial charge in [-0.1, -0.05) is 74.2 Å². The summed E-state index contributed by atoms with van der Waals surface area (Å²) in [6.45, 7) is 4.91. The molecule has 0 aliphatic rings. The van der Waals surface area contributed by atoms with Crippen molar-refractivity contribution in [3.8, 4) is 28.1 Å². The number of hydrogen-bond donors (Lipinski definition) is 1. The van der Waals surface area contributed by atoms with Crippen molar-refractivity contribution in [1.82, 2.24) is 4.98 Å². The summed E-state index contributed by atoms with van der Waals surface area (Å²) in [5.41, 5.74) is 5.70. The highest BCUT2D eigenvalue weighted by molar-refractivity contribution is 6.04. The van der Waals surface area contributed by atoms with Crippen molar-refractivity contribution in [1.29, 1.82) is 0 Å². The molecule has 33 heavy (non-hydrogen) atoms. The first-order valence-electron chi connectivity index (χ1n) is 11.5. The van der Waals surface area contributed by atoms with E-state index in [1.807, 2.05) is 61.5 Å². The van der Waals surface area contributed by atoms with Gasteiger partial charge >= 0.3 is 5.97 Å². The number of fused-ring (bicyclic) bond motifs is 1. The van der Waals surface area contributed by atoms with Gasteiger partial charge in [0.05, 0.1) is 23.4 Å². The number of carboxylic acids is 1. The maximum atomic E-state index is 11.9. The Morgan fingerprint density at radius 3 is 2.18 bits per heavy atom. The van der Waals surface area contributed by atoms with Crippen molar-refractivity contribution in [2.75, 3.05) is 6.61 Å². The minimum Gasteiger partial charge on any atom is -0.494 e. The van der Waals surface area contributed by atoms with Gasteiger partial charge in [0.2, 0.25) is 0 Å². The number of aromatic nitrogens is 1. The van der Waals surface area contributed by atoms with Crippen LogP contribution in [0.3, 0.4) is 0 Å². The topological polar surface area (TPSA) is 59.4 Å². The van der Waals surface area contributed by atoms with Crippen LogP contribution in [0.2, 0.25) is 0 Å². The van der Waals surface area contributed by atoms with Crippen molar-refractivity contribution >= 4 is 16.9 Å². The van der Waals surface area contributed by atoms with Crippen LogP contribution in [0.15, 0.2) is 72.8 Å². The Morgan fingerprint density at radius 2 is 1.52 bits per heavy atom. The standard InChI is InChI=1S/C29H29NO3/c1-3-4-5-6-17-33-24-14-12-22(13-15-24)21-8-10-23(11-9-21)28-19-26(29(31)32)25-18-20(2)7-16-27(25)30-28/h7-16,18-19H,3-6,17H2,1-2H3,(H,31,32). The van der Waals surface area contributed by atoms with Crippen LogP contribution >= 0.6 is 0 Å². The zero-order valence-electron chi connectivity index (χ0n) is 19.2. The monoisotopic (exact) mass is 439 g/mol. The molecule has 1 heterocycles. The van der Waals surface area contributed by atoms with Gasteiger partial charge in [-0.3, -0.25) is 0 Å². The van der Waals surface area contributed by atoms with Crippen molar-refractivity contribution < 1.29 is 14.6 Å².